The molecule has 1 N–H and O–H groups in total. The lowest BCUT2D eigenvalue weighted by molar-refractivity contribution is -0.119. The van der Waals surface area contributed by atoms with Gasteiger partial charge in [-0.3, -0.25) is 4.79 Å². The first-order valence-electron chi connectivity index (χ1n) is 7.96. The molecule has 3 rings (SSSR count). The standard InChI is InChI=1S/C19H19N3O3/c1-13(23)20-11-18(14-6-4-3-5-7-14)25-19(24)15-8-9-17-16(10-15)21-12-22(17)2/h3-10,12,18H,11H2,1-2H3,(H,20,23)/t18-/m1/s1. The average Bonchev–Trinajstić information content (AvgIpc) is 2.99. The zero-order chi connectivity index (χ0) is 17.8. The number of esters is 1. The van der Waals surface area contributed by atoms with Crippen LogP contribution in [0.25, 0.3) is 11.0 Å². The molecule has 6 nitrogen and oxygen atoms in total. The smallest absolute Gasteiger partial charge is 0.338 e. The minimum atomic E-state index is -0.558. The van der Waals surface area contributed by atoms with Gasteiger partial charge in [0.25, 0.3) is 0 Å². The van der Waals surface area contributed by atoms with Crippen LogP contribution in [0.3, 0.4) is 0 Å². The highest BCUT2D eigenvalue weighted by Crippen LogP contribution is 2.20. The molecule has 3 aromatic rings. The number of hydrogen-bond acceptors (Lipinski definition) is 4. The summed E-state index contributed by atoms with van der Waals surface area (Å²) >= 11 is 0. The van der Waals surface area contributed by atoms with Crippen LogP contribution >= 0.6 is 0 Å². The third kappa shape index (κ3) is 3.85. The lowest BCUT2D eigenvalue weighted by Crippen LogP contribution is -2.28. The molecule has 0 aliphatic rings. The van der Waals surface area contributed by atoms with Gasteiger partial charge in [-0.2, -0.15) is 0 Å². The number of aryl methyl sites for hydroxylation is 1. The fraction of sp³-hybridized carbons (Fsp3) is 0.211. The highest BCUT2D eigenvalue weighted by atomic mass is 16.5. The molecule has 25 heavy (non-hydrogen) atoms. The number of carbonyl (C=O) groups excluding carboxylic acids is 2. The molecule has 0 radical (unpaired) electrons. The minimum absolute atomic E-state index is 0.174. The quantitative estimate of drug-likeness (QED) is 0.726. The first-order valence-corrected chi connectivity index (χ1v) is 7.96. The summed E-state index contributed by atoms with van der Waals surface area (Å²) in [5.41, 5.74) is 2.92. The van der Waals surface area contributed by atoms with Crippen LogP contribution < -0.4 is 5.32 Å². The molecular formula is C19H19N3O3. The van der Waals surface area contributed by atoms with Crippen molar-refractivity contribution in [1.82, 2.24) is 14.9 Å². The fourth-order valence-electron chi connectivity index (χ4n) is 2.59. The van der Waals surface area contributed by atoms with Crippen molar-refractivity contribution in [2.45, 2.75) is 13.0 Å². The Bertz CT molecular complexity index is 903. The predicted octanol–water partition coefficient (Wildman–Crippen LogP) is 2.61. The molecule has 1 atom stereocenters. The van der Waals surface area contributed by atoms with Gasteiger partial charge in [-0.1, -0.05) is 30.3 Å². The van der Waals surface area contributed by atoms with Crippen LogP contribution in [-0.4, -0.2) is 28.0 Å². The molecule has 0 fully saturated rings. The molecule has 128 valence electrons. The number of nitrogens with one attached hydrogen (secondary N) is 1. The van der Waals surface area contributed by atoms with E-state index in [4.69, 9.17) is 4.74 Å². The van der Waals surface area contributed by atoms with E-state index < -0.39 is 12.1 Å². The summed E-state index contributed by atoms with van der Waals surface area (Å²) in [6.07, 6.45) is 1.14. The minimum Gasteiger partial charge on any atom is -0.452 e. The monoisotopic (exact) mass is 337 g/mol. The molecule has 0 aliphatic heterocycles. The van der Waals surface area contributed by atoms with Gasteiger partial charge >= 0.3 is 5.97 Å². The van der Waals surface area contributed by atoms with Gasteiger partial charge in [-0.05, 0) is 23.8 Å². The van der Waals surface area contributed by atoms with E-state index in [9.17, 15) is 9.59 Å². The first-order chi connectivity index (χ1) is 12.0. The van der Waals surface area contributed by atoms with Crippen molar-refractivity contribution >= 4 is 22.9 Å². The van der Waals surface area contributed by atoms with Crippen molar-refractivity contribution in [2.24, 2.45) is 7.05 Å². The number of benzene rings is 2. The van der Waals surface area contributed by atoms with Crippen molar-refractivity contribution < 1.29 is 14.3 Å². The van der Waals surface area contributed by atoms with Gasteiger partial charge < -0.3 is 14.6 Å². The number of amides is 1. The molecule has 1 amide bonds. The number of ether oxygens (including phenoxy) is 1. The van der Waals surface area contributed by atoms with E-state index in [1.807, 2.05) is 48.0 Å². The molecule has 0 spiro atoms. The van der Waals surface area contributed by atoms with E-state index in [1.54, 1.807) is 18.5 Å². The first kappa shape index (κ1) is 16.7. The van der Waals surface area contributed by atoms with Gasteiger partial charge in [0.05, 0.1) is 29.5 Å². The maximum absolute atomic E-state index is 12.6. The Morgan fingerprint density at radius 2 is 1.96 bits per heavy atom. The number of nitrogens with zero attached hydrogens (tertiary/aromatic N) is 2. The number of hydrogen-bond donors (Lipinski definition) is 1. The van der Waals surface area contributed by atoms with Gasteiger partial charge in [0.15, 0.2) is 0 Å². The van der Waals surface area contributed by atoms with Crippen LogP contribution in [0.2, 0.25) is 0 Å². The summed E-state index contributed by atoms with van der Waals surface area (Å²) in [5, 5.41) is 2.70. The SMILES string of the molecule is CC(=O)NC[C@@H](OC(=O)c1ccc2c(c1)ncn2C)c1ccccc1. The number of aromatic nitrogens is 2. The average molecular weight is 337 g/mol. The Morgan fingerprint density at radius 3 is 2.68 bits per heavy atom. The molecule has 1 heterocycles. The summed E-state index contributed by atoms with van der Waals surface area (Å²) in [6, 6.07) is 14.6. The Kier molecular flexibility index (Phi) is 4.79. The Hall–Kier alpha value is -3.15. The summed E-state index contributed by atoms with van der Waals surface area (Å²) in [5.74, 6) is -0.626. The normalized spacial score (nSPS) is 11.9. The Morgan fingerprint density at radius 1 is 1.20 bits per heavy atom. The van der Waals surface area contributed by atoms with Gasteiger partial charge in [-0.25, -0.2) is 9.78 Å². The number of imidazole rings is 1. The van der Waals surface area contributed by atoms with Crippen LogP contribution in [-0.2, 0) is 16.6 Å². The molecular weight excluding hydrogens is 318 g/mol. The van der Waals surface area contributed by atoms with E-state index >= 15 is 0 Å². The third-order valence-electron chi connectivity index (χ3n) is 3.92. The van der Waals surface area contributed by atoms with Crippen LogP contribution in [0.1, 0.15) is 28.9 Å². The third-order valence-corrected chi connectivity index (χ3v) is 3.92. The molecule has 0 saturated carbocycles. The fourth-order valence-corrected chi connectivity index (χ4v) is 2.59. The zero-order valence-corrected chi connectivity index (χ0v) is 14.1. The van der Waals surface area contributed by atoms with Gasteiger partial charge in [0, 0.05) is 14.0 Å². The van der Waals surface area contributed by atoms with Gasteiger partial charge in [0.1, 0.15) is 6.10 Å². The number of carbonyl (C=O) groups is 2. The maximum atomic E-state index is 12.6. The number of rotatable bonds is 5. The van der Waals surface area contributed by atoms with Gasteiger partial charge in [0.2, 0.25) is 5.91 Å². The number of fused-ring (bicyclic) bond motifs is 1. The van der Waals surface area contributed by atoms with E-state index in [0.717, 1.165) is 16.6 Å². The molecule has 0 saturated heterocycles. The van der Waals surface area contributed by atoms with E-state index in [-0.39, 0.29) is 12.5 Å². The lowest BCUT2D eigenvalue weighted by atomic mass is 10.1. The van der Waals surface area contributed by atoms with Crippen molar-refractivity contribution in [1.29, 1.82) is 0 Å². The van der Waals surface area contributed by atoms with Crippen LogP contribution in [0.15, 0.2) is 54.9 Å². The van der Waals surface area contributed by atoms with E-state index in [0.29, 0.717) is 5.56 Å². The summed E-state index contributed by atoms with van der Waals surface area (Å²) in [7, 11) is 1.90. The van der Waals surface area contributed by atoms with Gasteiger partial charge in [-0.15, -0.1) is 0 Å². The molecule has 0 unspecified atom stereocenters. The molecule has 0 bridgehead atoms. The van der Waals surface area contributed by atoms with Crippen molar-refractivity contribution in [2.75, 3.05) is 6.54 Å². The highest BCUT2D eigenvalue weighted by molar-refractivity contribution is 5.93. The van der Waals surface area contributed by atoms with Crippen molar-refractivity contribution in [3.05, 3.63) is 66.0 Å². The second-order valence-corrected chi connectivity index (χ2v) is 5.80. The molecule has 2 aromatic carbocycles. The second kappa shape index (κ2) is 7.17. The molecule has 0 aliphatic carbocycles. The van der Waals surface area contributed by atoms with Crippen LogP contribution in [0.5, 0.6) is 0 Å². The summed E-state index contributed by atoms with van der Waals surface area (Å²) in [4.78, 5) is 28.0. The Labute approximate surface area is 145 Å². The predicted molar refractivity (Wildman–Crippen MR) is 94.0 cm³/mol. The topological polar surface area (TPSA) is 73.2 Å². The van der Waals surface area contributed by atoms with Crippen molar-refractivity contribution in [3.63, 3.8) is 0 Å². The zero-order valence-electron chi connectivity index (χ0n) is 14.1. The van der Waals surface area contributed by atoms with E-state index in [2.05, 4.69) is 10.3 Å². The molecule has 1 aromatic heterocycles. The van der Waals surface area contributed by atoms with Crippen LogP contribution in [0, 0.1) is 0 Å². The second-order valence-electron chi connectivity index (χ2n) is 5.80. The lowest BCUT2D eigenvalue weighted by Gasteiger charge is -2.18. The molecule has 6 heteroatoms. The largest absolute Gasteiger partial charge is 0.452 e. The maximum Gasteiger partial charge on any atom is 0.338 e. The van der Waals surface area contributed by atoms with E-state index in [1.165, 1.54) is 6.92 Å². The Balaban J connectivity index is 1.81. The van der Waals surface area contributed by atoms with Crippen molar-refractivity contribution in [3.8, 4) is 0 Å². The summed E-state index contributed by atoms with van der Waals surface area (Å²) in [6.45, 7) is 1.65. The summed E-state index contributed by atoms with van der Waals surface area (Å²) < 4.78 is 7.52. The highest BCUT2D eigenvalue weighted by Gasteiger charge is 2.19. The van der Waals surface area contributed by atoms with Crippen LogP contribution in [0.4, 0.5) is 0 Å².